The molecule has 1 aromatic carbocycles. The molecule has 2 rings (SSSR count). The average Bonchev–Trinajstić information content (AvgIpc) is 2.82. The fourth-order valence-electron chi connectivity index (χ4n) is 2.01. The van der Waals surface area contributed by atoms with E-state index in [-0.39, 0.29) is 11.8 Å². The van der Waals surface area contributed by atoms with Crippen LogP contribution < -0.4 is 5.32 Å². The molecule has 0 radical (unpaired) electrons. The molecule has 0 saturated carbocycles. The van der Waals surface area contributed by atoms with Crippen molar-refractivity contribution in [2.24, 2.45) is 0 Å². The van der Waals surface area contributed by atoms with E-state index < -0.39 is 6.10 Å². The first-order valence-electron chi connectivity index (χ1n) is 6.75. The summed E-state index contributed by atoms with van der Waals surface area (Å²) in [6.45, 7) is 4.48. The number of aliphatic hydroxyl groups excluding tert-OH is 1. The average molecular weight is 328 g/mol. The van der Waals surface area contributed by atoms with Gasteiger partial charge in [-0.05, 0) is 43.0 Å². The molecule has 1 unspecified atom stereocenters. The Morgan fingerprint density at radius 3 is 2.95 bits per heavy atom. The molecule has 0 fully saturated rings. The SMILES string of the molecule is CCOC(=O)c1sc2ccc(NCC(O)CCl)cc2c1C. The molecule has 2 N–H and O–H groups in total. The van der Waals surface area contributed by atoms with Gasteiger partial charge in [-0.1, -0.05) is 0 Å². The number of alkyl halides is 1. The highest BCUT2D eigenvalue weighted by atomic mass is 35.5. The van der Waals surface area contributed by atoms with Crippen molar-refractivity contribution in [3.63, 3.8) is 0 Å². The van der Waals surface area contributed by atoms with E-state index in [4.69, 9.17) is 16.3 Å². The second-order valence-electron chi connectivity index (χ2n) is 4.68. The van der Waals surface area contributed by atoms with Gasteiger partial charge >= 0.3 is 5.97 Å². The largest absolute Gasteiger partial charge is 0.462 e. The number of carbonyl (C=O) groups excluding carboxylic acids is 1. The number of esters is 1. The van der Waals surface area contributed by atoms with Gasteiger partial charge in [-0.15, -0.1) is 22.9 Å². The lowest BCUT2D eigenvalue weighted by Crippen LogP contribution is -2.20. The van der Waals surface area contributed by atoms with Gasteiger partial charge in [-0.3, -0.25) is 0 Å². The first kappa shape index (κ1) is 16.1. The lowest BCUT2D eigenvalue weighted by molar-refractivity contribution is 0.0531. The van der Waals surface area contributed by atoms with E-state index in [1.807, 2.05) is 25.1 Å². The van der Waals surface area contributed by atoms with Crippen LogP contribution in [0.25, 0.3) is 10.1 Å². The molecule has 0 spiro atoms. The summed E-state index contributed by atoms with van der Waals surface area (Å²) in [6.07, 6.45) is -0.582. The van der Waals surface area contributed by atoms with Gasteiger partial charge in [0.15, 0.2) is 0 Å². The van der Waals surface area contributed by atoms with Crippen LogP contribution in [0.5, 0.6) is 0 Å². The van der Waals surface area contributed by atoms with Crippen molar-refractivity contribution in [1.29, 1.82) is 0 Å². The van der Waals surface area contributed by atoms with Crippen LogP contribution in [0.15, 0.2) is 18.2 Å². The third kappa shape index (κ3) is 3.67. The summed E-state index contributed by atoms with van der Waals surface area (Å²) >= 11 is 7.00. The van der Waals surface area contributed by atoms with Gasteiger partial charge in [0.1, 0.15) is 4.88 Å². The Balaban J connectivity index is 2.26. The smallest absolute Gasteiger partial charge is 0.348 e. The van der Waals surface area contributed by atoms with Crippen LogP contribution in [0.4, 0.5) is 5.69 Å². The molecule has 2 aromatic rings. The van der Waals surface area contributed by atoms with Crippen LogP contribution >= 0.6 is 22.9 Å². The number of aryl methyl sites for hydroxylation is 1. The molecule has 0 saturated heterocycles. The van der Waals surface area contributed by atoms with E-state index in [1.165, 1.54) is 11.3 Å². The molecule has 1 aromatic heterocycles. The molecular weight excluding hydrogens is 310 g/mol. The third-order valence-corrected chi connectivity index (χ3v) is 4.73. The van der Waals surface area contributed by atoms with Crippen molar-refractivity contribution < 1.29 is 14.6 Å². The molecule has 0 bridgehead atoms. The fraction of sp³-hybridized carbons (Fsp3) is 0.400. The Bertz CT molecular complexity index is 641. The summed E-state index contributed by atoms with van der Waals surface area (Å²) in [5, 5.41) is 13.6. The van der Waals surface area contributed by atoms with Crippen molar-refractivity contribution in [3.8, 4) is 0 Å². The summed E-state index contributed by atoms with van der Waals surface area (Å²) < 4.78 is 6.11. The predicted molar refractivity (Wildman–Crippen MR) is 87.7 cm³/mol. The number of aliphatic hydroxyl groups is 1. The zero-order valence-corrected chi connectivity index (χ0v) is 13.6. The second-order valence-corrected chi connectivity index (χ2v) is 6.04. The van der Waals surface area contributed by atoms with Crippen molar-refractivity contribution in [1.82, 2.24) is 0 Å². The van der Waals surface area contributed by atoms with Crippen LogP contribution in [-0.4, -0.2) is 36.2 Å². The Kier molecular flexibility index (Phi) is 5.45. The molecule has 0 amide bonds. The topological polar surface area (TPSA) is 58.6 Å². The van der Waals surface area contributed by atoms with Crippen LogP contribution in [0.3, 0.4) is 0 Å². The van der Waals surface area contributed by atoms with Crippen molar-refractivity contribution >= 4 is 44.7 Å². The van der Waals surface area contributed by atoms with Gasteiger partial charge in [0, 0.05) is 16.9 Å². The van der Waals surface area contributed by atoms with E-state index in [2.05, 4.69) is 5.32 Å². The number of nitrogens with one attached hydrogen (secondary N) is 1. The minimum absolute atomic E-state index is 0.194. The minimum atomic E-state index is -0.582. The number of hydrogen-bond acceptors (Lipinski definition) is 5. The zero-order valence-electron chi connectivity index (χ0n) is 12.0. The lowest BCUT2D eigenvalue weighted by atomic mass is 10.1. The molecule has 0 aliphatic heterocycles. The van der Waals surface area contributed by atoms with Crippen LogP contribution in [0.1, 0.15) is 22.2 Å². The predicted octanol–water partition coefficient (Wildman–Crippen LogP) is 3.40. The second kappa shape index (κ2) is 7.11. The number of hydrogen-bond donors (Lipinski definition) is 2. The summed E-state index contributed by atoms with van der Waals surface area (Å²) in [4.78, 5) is 12.5. The van der Waals surface area contributed by atoms with Gasteiger partial charge in [0.25, 0.3) is 0 Å². The maximum absolute atomic E-state index is 11.9. The number of thiophene rings is 1. The molecule has 114 valence electrons. The molecule has 21 heavy (non-hydrogen) atoms. The Morgan fingerprint density at radius 2 is 2.29 bits per heavy atom. The van der Waals surface area contributed by atoms with Crippen molar-refractivity contribution in [3.05, 3.63) is 28.6 Å². The number of halogens is 1. The highest BCUT2D eigenvalue weighted by Gasteiger charge is 2.16. The maximum Gasteiger partial charge on any atom is 0.348 e. The van der Waals surface area contributed by atoms with E-state index >= 15 is 0 Å². The number of benzene rings is 1. The van der Waals surface area contributed by atoms with E-state index in [9.17, 15) is 9.90 Å². The summed E-state index contributed by atoms with van der Waals surface area (Å²) in [5.74, 6) is -0.0806. The Hall–Kier alpha value is -1.30. The zero-order chi connectivity index (χ0) is 15.4. The fourth-order valence-corrected chi connectivity index (χ4v) is 3.20. The number of fused-ring (bicyclic) bond motifs is 1. The van der Waals surface area contributed by atoms with E-state index in [1.54, 1.807) is 6.92 Å². The standard InChI is InChI=1S/C15H18ClNO3S/c1-3-20-15(19)14-9(2)12-6-10(4-5-13(12)21-14)17-8-11(18)7-16/h4-6,11,17-18H,3,7-8H2,1-2H3. The maximum atomic E-state index is 11.9. The van der Waals surface area contributed by atoms with Crippen molar-refractivity contribution in [2.75, 3.05) is 24.3 Å². The number of anilines is 1. The quantitative estimate of drug-likeness (QED) is 0.630. The van der Waals surface area contributed by atoms with Gasteiger partial charge in [0.2, 0.25) is 0 Å². The lowest BCUT2D eigenvalue weighted by Gasteiger charge is -2.10. The third-order valence-electron chi connectivity index (χ3n) is 3.12. The van der Waals surface area contributed by atoms with E-state index in [0.29, 0.717) is 18.0 Å². The van der Waals surface area contributed by atoms with Crippen molar-refractivity contribution in [2.45, 2.75) is 20.0 Å². The first-order valence-corrected chi connectivity index (χ1v) is 8.10. The van der Waals surface area contributed by atoms with Crippen LogP contribution in [-0.2, 0) is 4.74 Å². The number of ether oxygens (including phenoxy) is 1. The minimum Gasteiger partial charge on any atom is -0.462 e. The molecule has 4 nitrogen and oxygen atoms in total. The first-order chi connectivity index (χ1) is 10.1. The molecule has 6 heteroatoms. The Morgan fingerprint density at radius 1 is 1.52 bits per heavy atom. The number of carbonyl (C=O) groups is 1. The van der Waals surface area contributed by atoms with Crippen LogP contribution in [0.2, 0.25) is 0 Å². The summed E-state index contributed by atoms with van der Waals surface area (Å²) in [5.41, 5.74) is 1.82. The van der Waals surface area contributed by atoms with Gasteiger partial charge in [-0.25, -0.2) is 4.79 Å². The molecule has 1 atom stereocenters. The van der Waals surface area contributed by atoms with Gasteiger partial charge in [-0.2, -0.15) is 0 Å². The number of rotatable bonds is 6. The molecule has 0 aliphatic rings. The highest BCUT2D eigenvalue weighted by Crippen LogP contribution is 2.33. The normalized spacial score (nSPS) is 12.4. The van der Waals surface area contributed by atoms with Crippen LogP contribution in [0, 0.1) is 6.92 Å². The highest BCUT2D eigenvalue weighted by molar-refractivity contribution is 7.21. The summed E-state index contributed by atoms with van der Waals surface area (Å²) in [7, 11) is 0. The molecule has 0 aliphatic carbocycles. The molecule has 1 heterocycles. The monoisotopic (exact) mass is 327 g/mol. The Labute approximate surface area is 132 Å². The van der Waals surface area contributed by atoms with Gasteiger partial charge < -0.3 is 15.2 Å². The molecular formula is C15H18ClNO3S. The van der Waals surface area contributed by atoms with Gasteiger partial charge in [0.05, 0.1) is 18.6 Å². The summed E-state index contributed by atoms with van der Waals surface area (Å²) in [6, 6.07) is 5.87. The van der Waals surface area contributed by atoms with E-state index in [0.717, 1.165) is 21.3 Å².